The summed E-state index contributed by atoms with van der Waals surface area (Å²) in [6, 6.07) is 14.0. The Morgan fingerprint density at radius 2 is 1.74 bits per heavy atom. The van der Waals surface area contributed by atoms with Crippen LogP contribution < -0.4 is 24.8 Å². The highest BCUT2D eigenvalue weighted by Crippen LogP contribution is 2.38. The molecule has 0 bridgehead atoms. The number of anilines is 2. The number of nitrogens with zero attached hydrogens (tertiary/aromatic N) is 6. The second-order valence-electron chi connectivity index (χ2n) is 8.76. The monoisotopic (exact) mass is 473 g/mol. The summed E-state index contributed by atoms with van der Waals surface area (Å²) in [4.78, 5) is 14.4. The van der Waals surface area contributed by atoms with Gasteiger partial charge in [0.05, 0.1) is 18.2 Å². The van der Waals surface area contributed by atoms with E-state index < -0.39 is 0 Å². The molecule has 0 spiro atoms. The van der Waals surface area contributed by atoms with E-state index in [0.29, 0.717) is 23.2 Å². The molecule has 10 heteroatoms. The number of hydrogen-bond donors (Lipinski definition) is 1. The van der Waals surface area contributed by atoms with Crippen molar-refractivity contribution in [2.45, 2.75) is 6.54 Å². The summed E-state index contributed by atoms with van der Waals surface area (Å²) < 4.78 is 18.0. The highest BCUT2D eigenvalue weighted by atomic mass is 16.7. The van der Waals surface area contributed by atoms with E-state index in [4.69, 9.17) is 29.9 Å². The Morgan fingerprint density at radius 1 is 0.971 bits per heavy atom. The Labute approximate surface area is 202 Å². The molecule has 10 nitrogen and oxygen atoms in total. The number of fused-ring (bicyclic) bond motifs is 2. The summed E-state index contributed by atoms with van der Waals surface area (Å²) in [5.41, 5.74) is 9.85. The molecule has 2 aliphatic rings. The summed E-state index contributed by atoms with van der Waals surface area (Å²) >= 11 is 0. The molecule has 0 saturated carbocycles. The fourth-order valence-electron chi connectivity index (χ4n) is 4.59. The van der Waals surface area contributed by atoms with Crippen LogP contribution in [0.1, 0.15) is 5.56 Å². The molecule has 1 saturated heterocycles. The normalized spacial score (nSPS) is 15.7. The third-order valence-electron chi connectivity index (χ3n) is 6.59. The van der Waals surface area contributed by atoms with Crippen LogP contribution in [0.2, 0.25) is 0 Å². The van der Waals surface area contributed by atoms with Gasteiger partial charge in [0.25, 0.3) is 0 Å². The van der Waals surface area contributed by atoms with Gasteiger partial charge < -0.3 is 24.8 Å². The van der Waals surface area contributed by atoms with Crippen molar-refractivity contribution in [3.8, 4) is 28.5 Å². The number of piperazine rings is 1. The summed E-state index contributed by atoms with van der Waals surface area (Å²) in [7, 11) is 3.50. The molecule has 4 heterocycles. The highest BCUT2D eigenvalue weighted by Gasteiger charge is 2.24. The van der Waals surface area contributed by atoms with Crippen LogP contribution >= 0.6 is 0 Å². The predicted molar refractivity (Wildman–Crippen MR) is 133 cm³/mol. The molecule has 6 rings (SSSR count). The minimum atomic E-state index is 0.221. The zero-order valence-corrected chi connectivity index (χ0v) is 19.8. The minimum absolute atomic E-state index is 0.221. The van der Waals surface area contributed by atoms with Crippen molar-refractivity contribution in [3.63, 3.8) is 0 Å². The summed E-state index contributed by atoms with van der Waals surface area (Å²) in [6.45, 7) is 4.60. The quantitative estimate of drug-likeness (QED) is 0.468. The fourth-order valence-corrected chi connectivity index (χ4v) is 4.59. The van der Waals surface area contributed by atoms with Gasteiger partial charge in [-0.1, -0.05) is 12.1 Å². The zero-order chi connectivity index (χ0) is 23.9. The number of nitrogens with two attached hydrogens (primary N) is 1. The summed E-state index contributed by atoms with van der Waals surface area (Å²) in [5, 5.41) is 5.29. The molecule has 0 radical (unpaired) electrons. The lowest BCUT2D eigenvalue weighted by atomic mass is 10.1. The maximum Gasteiger partial charge on any atom is 0.231 e. The number of rotatable bonds is 5. The third-order valence-corrected chi connectivity index (χ3v) is 6.59. The van der Waals surface area contributed by atoms with E-state index in [1.165, 1.54) is 5.56 Å². The number of aromatic nitrogens is 4. The molecule has 4 aromatic rings. The molecule has 0 atom stereocenters. The van der Waals surface area contributed by atoms with Gasteiger partial charge in [0.15, 0.2) is 17.1 Å². The molecular weight excluding hydrogens is 446 g/mol. The molecule has 1 fully saturated rings. The average molecular weight is 474 g/mol. The molecule has 0 amide bonds. The number of nitrogen functional groups attached to an aromatic ring is 1. The predicted octanol–water partition coefficient (Wildman–Crippen LogP) is 2.67. The van der Waals surface area contributed by atoms with Gasteiger partial charge in [-0.3, -0.25) is 9.58 Å². The van der Waals surface area contributed by atoms with Crippen molar-refractivity contribution in [1.82, 2.24) is 24.6 Å². The summed E-state index contributed by atoms with van der Waals surface area (Å²) in [5.74, 6) is 3.49. The average Bonchev–Trinajstić information content (AvgIpc) is 3.47. The first-order chi connectivity index (χ1) is 17.1. The minimum Gasteiger partial charge on any atom is -0.497 e. The topological polar surface area (TPSA) is 104 Å². The van der Waals surface area contributed by atoms with Gasteiger partial charge in [-0.05, 0) is 35.9 Å². The standard InChI is InChI=1S/C25H27N7O3/c1-30-23(26)21-22(17-5-8-19-20(13-17)35-15-34-19)27-25(28-24(21)29-30)32-11-9-31(10-12-32)14-16-3-6-18(33-2)7-4-16/h3-8,13H,9-12,14-15,26H2,1-2H3. The number of ether oxygens (including phenoxy) is 3. The van der Waals surface area contributed by atoms with Crippen LogP contribution in [0, 0.1) is 0 Å². The Hall–Kier alpha value is -4.05. The van der Waals surface area contributed by atoms with Crippen LogP contribution in [0.5, 0.6) is 17.2 Å². The molecule has 2 N–H and O–H groups in total. The largest absolute Gasteiger partial charge is 0.497 e. The van der Waals surface area contributed by atoms with Crippen LogP contribution in [0.3, 0.4) is 0 Å². The molecule has 2 aromatic heterocycles. The molecule has 35 heavy (non-hydrogen) atoms. The van der Waals surface area contributed by atoms with Gasteiger partial charge in [-0.25, -0.2) is 4.98 Å². The number of hydrogen-bond acceptors (Lipinski definition) is 9. The zero-order valence-electron chi connectivity index (χ0n) is 19.8. The lowest BCUT2D eigenvalue weighted by Crippen LogP contribution is -2.46. The first-order valence-corrected chi connectivity index (χ1v) is 11.6. The van der Waals surface area contributed by atoms with E-state index in [0.717, 1.165) is 60.9 Å². The maximum atomic E-state index is 6.36. The van der Waals surface area contributed by atoms with Crippen LogP contribution in [0.4, 0.5) is 11.8 Å². The van der Waals surface area contributed by atoms with Gasteiger partial charge in [0, 0.05) is 45.3 Å². The van der Waals surface area contributed by atoms with Crippen molar-refractivity contribution < 1.29 is 14.2 Å². The van der Waals surface area contributed by atoms with Gasteiger partial charge >= 0.3 is 0 Å². The first-order valence-electron chi connectivity index (χ1n) is 11.6. The van der Waals surface area contributed by atoms with E-state index in [2.05, 4.69) is 27.0 Å². The Bertz CT molecular complexity index is 1380. The van der Waals surface area contributed by atoms with Gasteiger partial charge in [-0.2, -0.15) is 10.1 Å². The van der Waals surface area contributed by atoms with Gasteiger partial charge in [0.2, 0.25) is 12.7 Å². The second-order valence-corrected chi connectivity index (χ2v) is 8.76. The Kier molecular flexibility index (Phi) is 5.29. The number of aryl methyl sites for hydroxylation is 1. The lowest BCUT2D eigenvalue weighted by molar-refractivity contribution is 0.174. The SMILES string of the molecule is COc1ccc(CN2CCN(c3nc(-c4ccc5c(c4)OCO5)c4c(N)n(C)nc4n3)CC2)cc1. The van der Waals surface area contributed by atoms with Gasteiger partial charge in [0.1, 0.15) is 11.6 Å². The van der Waals surface area contributed by atoms with Crippen LogP contribution in [0.25, 0.3) is 22.3 Å². The van der Waals surface area contributed by atoms with Crippen molar-refractivity contribution in [2.75, 3.05) is 50.7 Å². The van der Waals surface area contributed by atoms with E-state index in [1.54, 1.807) is 11.8 Å². The number of methoxy groups -OCH3 is 1. The molecule has 180 valence electrons. The number of benzene rings is 2. The lowest BCUT2D eigenvalue weighted by Gasteiger charge is -2.34. The van der Waals surface area contributed by atoms with Crippen LogP contribution in [-0.4, -0.2) is 64.7 Å². The molecule has 0 aliphatic carbocycles. The van der Waals surface area contributed by atoms with Crippen LogP contribution in [-0.2, 0) is 13.6 Å². The van der Waals surface area contributed by atoms with E-state index >= 15 is 0 Å². The molecule has 2 aliphatic heterocycles. The molecule has 0 unspecified atom stereocenters. The second kappa shape index (κ2) is 8.62. The smallest absolute Gasteiger partial charge is 0.231 e. The molecule has 2 aromatic carbocycles. The van der Waals surface area contributed by atoms with E-state index in [1.807, 2.05) is 37.4 Å². The first kappa shape index (κ1) is 21.5. The van der Waals surface area contributed by atoms with Crippen molar-refractivity contribution in [2.24, 2.45) is 7.05 Å². The highest BCUT2D eigenvalue weighted by molar-refractivity contribution is 5.99. The third kappa shape index (κ3) is 3.95. The van der Waals surface area contributed by atoms with E-state index in [-0.39, 0.29) is 6.79 Å². The van der Waals surface area contributed by atoms with Crippen molar-refractivity contribution >= 4 is 22.8 Å². The Balaban J connectivity index is 1.26. The Morgan fingerprint density at radius 3 is 2.51 bits per heavy atom. The molecular formula is C25H27N7O3. The van der Waals surface area contributed by atoms with Gasteiger partial charge in [-0.15, -0.1) is 0 Å². The summed E-state index contributed by atoms with van der Waals surface area (Å²) in [6.07, 6.45) is 0. The van der Waals surface area contributed by atoms with E-state index in [9.17, 15) is 0 Å². The van der Waals surface area contributed by atoms with Crippen LogP contribution in [0.15, 0.2) is 42.5 Å². The fraction of sp³-hybridized carbons (Fsp3) is 0.320. The maximum absolute atomic E-state index is 6.36. The van der Waals surface area contributed by atoms with Crippen molar-refractivity contribution in [3.05, 3.63) is 48.0 Å². The van der Waals surface area contributed by atoms with Crippen molar-refractivity contribution in [1.29, 1.82) is 0 Å².